The van der Waals surface area contributed by atoms with Gasteiger partial charge in [0, 0.05) is 0 Å². The van der Waals surface area contributed by atoms with Crippen LogP contribution >= 0.6 is 24.8 Å². The molecule has 3 nitrogen and oxygen atoms in total. The highest BCUT2D eigenvalue weighted by Crippen LogP contribution is 2.18. The third-order valence-corrected chi connectivity index (χ3v) is 3.84. The first-order chi connectivity index (χ1) is 8.85. The molecule has 0 atom stereocenters. The fourth-order valence-corrected chi connectivity index (χ4v) is 2.85. The molecule has 0 bridgehead atoms. The number of quaternary nitrogens is 1. The van der Waals surface area contributed by atoms with Crippen molar-refractivity contribution in [2.24, 2.45) is 0 Å². The van der Waals surface area contributed by atoms with Crippen molar-refractivity contribution in [2.75, 3.05) is 40.0 Å². The molecule has 0 radical (unpaired) electrons. The predicted octanol–water partition coefficient (Wildman–Crippen LogP) is 3.09. The maximum absolute atomic E-state index is 5.84. The number of hydrogen-bond acceptors (Lipinski definition) is 2. The topological polar surface area (TPSA) is 21.3 Å². The molecule has 5 heteroatoms. The molecule has 0 amide bonds. The summed E-state index contributed by atoms with van der Waals surface area (Å²) < 4.78 is 7.01. The van der Waals surface area contributed by atoms with Gasteiger partial charge in [-0.15, -0.1) is 24.8 Å². The second-order valence-electron chi connectivity index (χ2n) is 5.25. The van der Waals surface area contributed by atoms with Crippen molar-refractivity contribution in [3.63, 3.8) is 0 Å². The van der Waals surface area contributed by atoms with E-state index in [0.29, 0.717) is 0 Å². The fraction of sp³-hybridized carbons (Fsp3) is 0.600. The molecular weight excluding hydrogens is 295 g/mol. The summed E-state index contributed by atoms with van der Waals surface area (Å²) in [6, 6.07) is 10.1. The summed E-state index contributed by atoms with van der Waals surface area (Å²) >= 11 is 0. The summed E-state index contributed by atoms with van der Waals surface area (Å²) in [7, 11) is 2.05. The number of hydrogen-bond donors (Lipinski definition) is 1. The van der Waals surface area contributed by atoms with Crippen molar-refractivity contribution < 1.29 is 9.22 Å². The summed E-state index contributed by atoms with van der Waals surface area (Å²) in [6.07, 6.45) is 4.10. The van der Waals surface area contributed by atoms with E-state index in [-0.39, 0.29) is 24.8 Å². The molecule has 0 unspecified atom stereocenters. The van der Waals surface area contributed by atoms with Crippen molar-refractivity contribution in [2.45, 2.75) is 19.3 Å². The highest BCUT2D eigenvalue weighted by molar-refractivity contribution is 5.85. The maximum Gasteiger partial charge on any atom is 0.137 e. The van der Waals surface area contributed by atoms with Crippen molar-refractivity contribution in [3.05, 3.63) is 30.3 Å². The molecule has 1 aromatic carbocycles. The van der Waals surface area contributed by atoms with Crippen LogP contribution in [-0.2, 0) is 0 Å². The van der Waals surface area contributed by atoms with Crippen LogP contribution in [0.15, 0.2) is 30.3 Å². The minimum Gasteiger partial charge on any atom is -0.488 e. The molecule has 0 spiro atoms. The van der Waals surface area contributed by atoms with E-state index in [4.69, 9.17) is 4.74 Å². The van der Waals surface area contributed by atoms with Crippen LogP contribution in [0.2, 0.25) is 0 Å². The van der Waals surface area contributed by atoms with E-state index in [1.54, 1.807) is 0 Å². The van der Waals surface area contributed by atoms with Crippen LogP contribution in [0.3, 0.4) is 0 Å². The van der Waals surface area contributed by atoms with E-state index in [1.165, 1.54) is 36.8 Å². The quantitative estimate of drug-likeness (QED) is 0.813. The lowest BCUT2D eigenvalue weighted by Crippen LogP contribution is -2.57. The number of ether oxygens (including phenoxy) is 1. The van der Waals surface area contributed by atoms with Gasteiger partial charge in [-0.05, 0) is 38.4 Å². The number of benzene rings is 1. The van der Waals surface area contributed by atoms with Gasteiger partial charge in [0.05, 0.1) is 13.1 Å². The summed E-state index contributed by atoms with van der Waals surface area (Å²) in [5.74, 6) is 0.983. The van der Waals surface area contributed by atoms with Gasteiger partial charge in [0.2, 0.25) is 0 Å². The lowest BCUT2D eigenvalue weighted by molar-refractivity contribution is -0.934. The Balaban J connectivity index is 0.00000180. The maximum atomic E-state index is 5.84. The zero-order chi connectivity index (χ0) is 12.7. The van der Waals surface area contributed by atoms with Crippen LogP contribution < -0.4 is 10.1 Å². The van der Waals surface area contributed by atoms with Gasteiger partial charge in [0.25, 0.3) is 0 Å². The molecule has 1 heterocycles. The smallest absolute Gasteiger partial charge is 0.137 e. The monoisotopic (exact) mass is 321 g/mol. The Morgan fingerprint density at radius 2 is 1.70 bits per heavy atom. The first-order valence-corrected chi connectivity index (χ1v) is 7.02. The molecule has 1 N–H and O–H groups in total. The van der Waals surface area contributed by atoms with E-state index in [0.717, 1.165) is 25.6 Å². The van der Waals surface area contributed by atoms with Gasteiger partial charge in [-0.3, -0.25) is 5.32 Å². The van der Waals surface area contributed by atoms with Gasteiger partial charge < -0.3 is 9.22 Å². The van der Waals surface area contributed by atoms with Crippen molar-refractivity contribution in [3.8, 4) is 5.75 Å². The van der Waals surface area contributed by atoms with Crippen LogP contribution in [0.1, 0.15) is 19.3 Å². The Labute approximate surface area is 135 Å². The van der Waals surface area contributed by atoms with Gasteiger partial charge in [-0.25, -0.2) is 0 Å². The highest BCUT2D eigenvalue weighted by Gasteiger charge is 2.28. The molecule has 116 valence electrons. The Hall–Kier alpha value is -0.480. The molecule has 1 aromatic rings. The number of nitrogens with one attached hydrogen (secondary N) is 1. The Morgan fingerprint density at radius 1 is 1.05 bits per heavy atom. The lowest BCUT2D eigenvalue weighted by atomic mass is 10.1. The Kier molecular flexibility index (Phi) is 10.0. The van der Waals surface area contributed by atoms with Gasteiger partial charge in [0.15, 0.2) is 0 Å². The van der Waals surface area contributed by atoms with Gasteiger partial charge in [0.1, 0.15) is 25.6 Å². The average Bonchev–Trinajstić information content (AvgIpc) is 2.41. The molecule has 2 rings (SSSR count). The Bertz CT molecular complexity index is 337. The van der Waals surface area contributed by atoms with Gasteiger partial charge in [-0.1, -0.05) is 18.2 Å². The van der Waals surface area contributed by atoms with E-state index < -0.39 is 0 Å². The van der Waals surface area contributed by atoms with Crippen molar-refractivity contribution in [1.82, 2.24) is 5.32 Å². The minimum absolute atomic E-state index is 0. The van der Waals surface area contributed by atoms with Crippen LogP contribution in [0.25, 0.3) is 0 Å². The van der Waals surface area contributed by atoms with Crippen LogP contribution in [-0.4, -0.2) is 44.4 Å². The van der Waals surface area contributed by atoms with E-state index in [9.17, 15) is 0 Å². The van der Waals surface area contributed by atoms with Crippen LogP contribution in [0.5, 0.6) is 5.75 Å². The van der Waals surface area contributed by atoms with Crippen molar-refractivity contribution >= 4 is 24.8 Å². The number of piperidine rings is 1. The molecule has 1 saturated heterocycles. The van der Waals surface area contributed by atoms with Gasteiger partial charge >= 0.3 is 0 Å². The zero-order valence-electron chi connectivity index (χ0n) is 12.2. The summed E-state index contributed by atoms with van der Waals surface area (Å²) in [5, 5.41) is 3.34. The molecule has 1 aliphatic heterocycles. The average molecular weight is 322 g/mol. The second kappa shape index (κ2) is 10.3. The number of halogens is 2. The summed E-state index contributed by atoms with van der Waals surface area (Å²) in [4.78, 5) is 0. The number of rotatable bonds is 6. The first-order valence-electron chi connectivity index (χ1n) is 7.02. The normalized spacial score (nSPS) is 16.6. The van der Waals surface area contributed by atoms with Crippen LogP contribution in [0, 0.1) is 0 Å². The van der Waals surface area contributed by atoms with Crippen LogP contribution in [0.4, 0.5) is 0 Å². The summed E-state index contributed by atoms with van der Waals surface area (Å²) in [6.45, 7) is 5.57. The second-order valence-corrected chi connectivity index (χ2v) is 5.25. The highest BCUT2D eigenvalue weighted by atomic mass is 35.5. The molecule has 0 saturated carbocycles. The third-order valence-electron chi connectivity index (χ3n) is 3.84. The fourth-order valence-electron chi connectivity index (χ4n) is 2.85. The molecular formula is C15H27Cl2N2O+. The lowest BCUT2D eigenvalue weighted by Gasteiger charge is -2.41. The molecule has 0 aliphatic carbocycles. The molecule has 0 aromatic heterocycles. The third kappa shape index (κ3) is 5.88. The minimum atomic E-state index is 0. The summed E-state index contributed by atoms with van der Waals surface area (Å²) in [5.41, 5.74) is 0. The largest absolute Gasteiger partial charge is 0.488 e. The van der Waals surface area contributed by atoms with E-state index in [2.05, 4.69) is 5.32 Å². The van der Waals surface area contributed by atoms with E-state index in [1.807, 2.05) is 37.4 Å². The number of para-hydroxylation sites is 1. The van der Waals surface area contributed by atoms with Crippen molar-refractivity contribution in [1.29, 1.82) is 0 Å². The zero-order valence-corrected chi connectivity index (χ0v) is 13.8. The predicted molar refractivity (Wildman–Crippen MR) is 89.1 cm³/mol. The Morgan fingerprint density at radius 3 is 2.30 bits per heavy atom. The standard InChI is InChI=1S/C15H25N2O.2ClH/c1-16-14-17(10-6-3-7-11-17)12-13-18-15-8-4-2-5-9-15;;/h2,4-5,8-9,16H,3,6-7,10-14H2,1H3;2*1H/q+1;;. The first kappa shape index (κ1) is 19.5. The SMILES string of the molecule is CNC[N+]1(CCOc2ccccc2)CCCCC1.Cl.Cl. The molecule has 1 aliphatic rings. The number of likely N-dealkylation sites (tertiary alicyclic amines) is 1. The molecule has 1 fully saturated rings. The molecule has 20 heavy (non-hydrogen) atoms. The van der Waals surface area contributed by atoms with Gasteiger partial charge in [-0.2, -0.15) is 0 Å². The number of nitrogens with zero attached hydrogens (tertiary/aromatic N) is 1. The van der Waals surface area contributed by atoms with E-state index >= 15 is 0 Å².